The van der Waals surface area contributed by atoms with Gasteiger partial charge in [0.15, 0.2) is 5.75 Å². The molecule has 4 aromatic rings. The SMILES string of the molecule is O=C(NCC(O)CO)c1cc(Cl)c(O)c(S(=O)(=O)N(Cc2ccc(F)cc2)Cc2cccc(-c3ccc(Cl)cc3)c2)c1. The fraction of sp³-hybridized carbons (Fsp3) is 0.167. The summed E-state index contributed by atoms with van der Waals surface area (Å²) in [7, 11) is -4.52. The van der Waals surface area contributed by atoms with Crippen LogP contribution < -0.4 is 5.32 Å². The molecule has 1 unspecified atom stereocenters. The number of halogens is 3. The van der Waals surface area contributed by atoms with Gasteiger partial charge in [0.2, 0.25) is 10.0 Å². The van der Waals surface area contributed by atoms with E-state index in [1.165, 1.54) is 24.3 Å². The van der Waals surface area contributed by atoms with Gasteiger partial charge in [-0.25, -0.2) is 12.8 Å². The molecule has 12 heteroatoms. The first-order valence-electron chi connectivity index (χ1n) is 12.7. The largest absolute Gasteiger partial charge is 0.505 e. The average molecular weight is 634 g/mol. The lowest BCUT2D eigenvalue weighted by atomic mass is 10.0. The van der Waals surface area contributed by atoms with Gasteiger partial charge in [-0.15, -0.1) is 0 Å². The molecule has 0 aliphatic heterocycles. The summed E-state index contributed by atoms with van der Waals surface area (Å²) < 4.78 is 42.8. The highest BCUT2D eigenvalue weighted by molar-refractivity contribution is 7.89. The quantitative estimate of drug-likeness (QED) is 0.185. The average Bonchev–Trinajstić information content (AvgIpc) is 2.98. The van der Waals surface area contributed by atoms with Crippen molar-refractivity contribution in [2.24, 2.45) is 0 Å². The smallest absolute Gasteiger partial charge is 0.251 e. The molecule has 4 rings (SSSR count). The van der Waals surface area contributed by atoms with Gasteiger partial charge in [0.05, 0.1) is 17.7 Å². The molecule has 220 valence electrons. The van der Waals surface area contributed by atoms with Gasteiger partial charge < -0.3 is 20.6 Å². The minimum atomic E-state index is -4.52. The zero-order valence-corrected chi connectivity index (χ0v) is 24.4. The zero-order chi connectivity index (χ0) is 30.4. The number of benzene rings is 4. The monoisotopic (exact) mass is 632 g/mol. The number of hydrogen-bond acceptors (Lipinski definition) is 6. The van der Waals surface area contributed by atoms with Crippen molar-refractivity contribution in [1.82, 2.24) is 9.62 Å². The molecular weight excluding hydrogens is 606 g/mol. The van der Waals surface area contributed by atoms with Gasteiger partial charge in [0, 0.05) is 30.2 Å². The van der Waals surface area contributed by atoms with E-state index in [2.05, 4.69) is 5.32 Å². The number of amides is 1. The molecule has 0 saturated heterocycles. The summed E-state index contributed by atoms with van der Waals surface area (Å²) in [6, 6.07) is 21.8. The number of rotatable bonds is 11. The number of nitrogens with one attached hydrogen (secondary N) is 1. The fourth-order valence-electron chi connectivity index (χ4n) is 4.13. The highest BCUT2D eigenvalue weighted by Gasteiger charge is 2.30. The van der Waals surface area contributed by atoms with Crippen LogP contribution in [0.15, 0.2) is 89.8 Å². The van der Waals surface area contributed by atoms with Crippen LogP contribution in [0.3, 0.4) is 0 Å². The van der Waals surface area contributed by atoms with Crippen LogP contribution in [0.2, 0.25) is 10.0 Å². The number of hydrogen-bond donors (Lipinski definition) is 4. The van der Waals surface area contributed by atoms with Crippen LogP contribution in [-0.2, 0) is 23.1 Å². The number of aliphatic hydroxyl groups excluding tert-OH is 2. The topological polar surface area (TPSA) is 127 Å². The number of carbonyl (C=O) groups is 1. The summed E-state index contributed by atoms with van der Waals surface area (Å²) in [5.74, 6) is -2.01. The first-order chi connectivity index (χ1) is 20.0. The molecule has 0 aliphatic carbocycles. The van der Waals surface area contributed by atoms with Crippen molar-refractivity contribution in [2.75, 3.05) is 13.2 Å². The standard InChI is InChI=1S/C30H27Cl2FN2O6S/c31-24-8-6-21(7-9-24)22-3-1-2-20(12-22)17-35(16-19-4-10-25(33)11-5-19)42(40,41)28-14-23(13-27(32)29(28)38)30(39)34-15-26(37)18-36/h1-14,26,36-38H,15-18H2,(H,34,39). The van der Waals surface area contributed by atoms with E-state index in [4.69, 9.17) is 28.3 Å². The summed E-state index contributed by atoms with van der Waals surface area (Å²) in [5.41, 5.74) is 2.59. The van der Waals surface area contributed by atoms with Crippen LogP contribution in [0.25, 0.3) is 11.1 Å². The van der Waals surface area contributed by atoms with Crippen LogP contribution in [0.1, 0.15) is 21.5 Å². The molecule has 0 fully saturated rings. The lowest BCUT2D eigenvalue weighted by Gasteiger charge is -2.24. The third-order valence-electron chi connectivity index (χ3n) is 6.35. The summed E-state index contributed by atoms with van der Waals surface area (Å²) in [6.45, 7) is -1.22. The minimum absolute atomic E-state index is 0.142. The number of aromatic hydroxyl groups is 1. The van der Waals surface area contributed by atoms with Gasteiger partial charge in [-0.05, 0) is 64.7 Å². The Balaban J connectivity index is 1.73. The molecule has 0 heterocycles. The zero-order valence-electron chi connectivity index (χ0n) is 22.0. The summed E-state index contributed by atoms with van der Waals surface area (Å²) in [5, 5.41) is 31.8. The van der Waals surface area contributed by atoms with E-state index in [1.807, 2.05) is 24.3 Å². The first kappa shape index (κ1) is 31.4. The number of phenolic OH excluding ortho intramolecular Hbond substituents is 1. The second-order valence-electron chi connectivity index (χ2n) is 9.46. The molecule has 42 heavy (non-hydrogen) atoms. The third-order valence-corrected chi connectivity index (χ3v) is 8.70. The molecule has 0 bridgehead atoms. The molecule has 0 aromatic heterocycles. The first-order valence-corrected chi connectivity index (χ1v) is 14.9. The Bertz CT molecular complexity index is 1670. The van der Waals surface area contributed by atoms with Crippen molar-refractivity contribution in [3.05, 3.63) is 117 Å². The van der Waals surface area contributed by atoms with E-state index in [-0.39, 0.29) is 30.2 Å². The van der Waals surface area contributed by atoms with Crippen LogP contribution >= 0.6 is 23.2 Å². The van der Waals surface area contributed by atoms with E-state index in [0.29, 0.717) is 16.1 Å². The lowest BCUT2D eigenvalue weighted by molar-refractivity contribution is 0.0802. The Morgan fingerprint density at radius 2 is 1.57 bits per heavy atom. The van der Waals surface area contributed by atoms with Crippen molar-refractivity contribution in [3.63, 3.8) is 0 Å². The van der Waals surface area contributed by atoms with Crippen LogP contribution in [-0.4, -0.2) is 53.2 Å². The van der Waals surface area contributed by atoms with E-state index in [1.54, 1.807) is 24.3 Å². The maximum atomic E-state index is 14.1. The molecule has 0 spiro atoms. The number of sulfonamides is 1. The van der Waals surface area contributed by atoms with Crippen molar-refractivity contribution in [1.29, 1.82) is 0 Å². The number of phenols is 1. The van der Waals surface area contributed by atoms with Crippen molar-refractivity contribution in [2.45, 2.75) is 24.1 Å². The van der Waals surface area contributed by atoms with Gasteiger partial charge in [-0.3, -0.25) is 4.79 Å². The molecule has 1 amide bonds. The normalized spacial score (nSPS) is 12.3. The van der Waals surface area contributed by atoms with Gasteiger partial charge in [-0.2, -0.15) is 4.31 Å². The van der Waals surface area contributed by atoms with E-state index in [9.17, 15) is 27.8 Å². The maximum Gasteiger partial charge on any atom is 0.251 e. The Labute approximate surface area is 252 Å². The molecule has 0 aliphatic rings. The van der Waals surface area contributed by atoms with Crippen molar-refractivity contribution in [3.8, 4) is 16.9 Å². The predicted molar refractivity (Wildman–Crippen MR) is 158 cm³/mol. The summed E-state index contributed by atoms with van der Waals surface area (Å²) in [6.07, 6.45) is -1.22. The Morgan fingerprint density at radius 3 is 2.24 bits per heavy atom. The number of aliphatic hydroxyl groups is 2. The Kier molecular flexibility index (Phi) is 10.2. The minimum Gasteiger partial charge on any atom is -0.505 e. The highest BCUT2D eigenvalue weighted by atomic mass is 35.5. The maximum absolute atomic E-state index is 14.1. The van der Waals surface area contributed by atoms with Crippen molar-refractivity contribution < 1.29 is 32.9 Å². The van der Waals surface area contributed by atoms with Gasteiger partial charge in [0.1, 0.15) is 10.7 Å². The summed E-state index contributed by atoms with van der Waals surface area (Å²) >= 11 is 12.2. The highest BCUT2D eigenvalue weighted by Crippen LogP contribution is 2.35. The molecule has 0 saturated carbocycles. The molecule has 8 nitrogen and oxygen atoms in total. The van der Waals surface area contributed by atoms with Crippen LogP contribution in [0.4, 0.5) is 4.39 Å². The second kappa shape index (κ2) is 13.6. The summed E-state index contributed by atoms with van der Waals surface area (Å²) in [4.78, 5) is 12.1. The third kappa shape index (κ3) is 7.65. The van der Waals surface area contributed by atoms with Gasteiger partial charge >= 0.3 is 0 Å². The predicted octanol–water partition coefficient (Wildman–Crippen LogP) is 4.98. The number of nitrogens with zero attached hydrogens (tertiary/aromatic N) is 1. The number of carbonyl (C=O) groups excluding carboxylic acids is 1. The lowest BCUT2D eigenvalue weighted by Crippen LogP contribution is -2.34. The van der Waals surface area contributed by atoms with E-state index in [0.717, 1.165) is 27.6 Å². The molecular formula is C30H27Cl2FN2O6S. The molecule has 1 atom stereocenters. The van der Waals surface area contributed by atoms with Gasteiger partial charge in [-0.1, -0.05) is 65.7 Å². The Hall–Kier alpha value is -3.51. The fourth-order valence-corrected chi connectivity index (χ4v) is 6.08. The molecule has 4 aromatic carbocycles. The van der Waals surface area contributed by atoms with E-state index < -0.39 is 45.1 Å². The van der Waals surface area contributed by atoms with Crippen molar-refractivity contribution >= 4 is 39.1 Å². The van der Waals surface area contributed by atoms with E-state index >= 15 is 0 Å². The molecule has 4 N–H and O–H groups in total. The molecule has 0 radical (unpaired) electrons. The van der Waals surface area contributed by atoms with Crippen LogP contribution in [0, 0.1) is 5.82 Å². The van der Waals surface area contributed by atoms with Gasteiger partial charge in [0.25, 0.3) is 5.91 Å². The Morgan fingerprint density at radius 1 is 0.905 bits per heavy atom. The second-order valence-corrected chi connectivity index (χ2v) is 12.2. The van der Waals surface area contributed by atoms with Crippen LogP contribution in [0.5, 0.6) is 5.75 Å².